The van der Waals surface area contributed by atoms with Gasteiger partial charge < -0.3 is 10.1 Å². The molecule has 3 aromatic carbocycles. The van der Waals surface area contributed by atoms with Crippen molar-refractivity contribution in [1.82, 2.24) is 0 Å². The predicted octanol–water partition coefficient (Wildman–Crippen LogP) is 5.50. The fraction of sp³-hybridized carbons (Fsp3) is 0.120. The second-order valence-corrected chi connectivity index (χ2v) is 6.67. The molecule has 0 bridgehead atoms. The molecular weight excluding hydrogens is 398 g/mol. The Morgan fingerprint density at radius 2 is 1.74 bits per heavy atom. The van der Waals surface area contributed by atoms with Gasteiger partial charge >= 0.3 is 0 Å². The molecule has 3 rings (SSSR count). The standard InChI is InChI=1S/C25H20F2N2O2/c1-2-31-24-14-17(11-12-19(24)15-18-7-3-4-8-21(18)26)13-20(16-28)25(30)29-23-10-6-5-9-22(23)27/h3-14H,2,15H2,1H3,(H,29,30)/b20-13+. The fourth-order valence-electron chi connectivity index (χ4n) is 3.01. The number of benzene rings is 3. The molecule has 0 fully saturated rings. The summed E-state index contributed by atoms with van der Waals surface area (Å²) in [6, 6.07) is 19.2. The van der Waals surface area contributed by atoms with Crippen molar-refractivity contribution in [2.75, 3.05) is 11.9 Å². The number of amides is 1. The molecule has 0 aliphatic heterocycles. The van der Waals surface area contributed by atoms with Gasteiger partial charge in [0, 0.05) is 6.42 Å². The monoisotopic (exact) mass is 418 g/mol. The molecule has 6 heteroatoms. The average molecular weight is 418 g/mol. The SMILES string of the molecule is CCOc1cc(/C=C(\C#N)C(=O)Nc2ccccc2F)ccc1Cc1ccccc1F. The Kier molecular flexibility index (Phi) is 7.13. The summed E-state index contributed by atoms with van der Waals surface area (Å²) >= 11 is 0. The Labute approximate surface area is 179 Å². The Morgan fingerprint density at radius 1 is 1.03 bits per heavy atom. The van der Waals surface area contributed by atoms with Gasteiger partial charge in [-0.2, -0.15) is 5.26 Å². The summed E-state index contributed by atoms with van der Waals surface area (Å²) in [6.07, 6.45) is 1.73. The molecule has 1 amide bonds. The Hall–Kier alpha value is -3.98. The third-order valence-corrected chi connectivity index (χ3v) is 4.53. The summed E-state index contributed by atoms with van der Waals surface area (Å²) in [6.45, 7) is 2.23. The van der Waals surface area contributed by atoms with Gasteiger partial charge in [-0.1, -0.05) is 42.5 Å². The number of hydrogen-bond donors (Lipinski definition) is 1. The van der Waals surface area contributed by atoms with E-state index >= 15 is 0 Å². The minimum atomic E-state index is -0.721. The van der Waals surface area contributed by atoms with Gasteiger partial charge in [0.1, 0.15) is 29.0 Å². The fourth-order valence-corrected chi connectivity index (χ4v) is 3.01. The molecule has 31 heavy (non-hydrogen) atoms. The second kappa shape index (κ2) is 10.2. The number of nitrogens with zero attached hydrogens (tertiary/aromatic N) is 1. The highest BCUT2D eigenvalue weighted by Crippen LogP contribution is 2.26. The zero-order valence-electron chi connectivity index (χ0n) is 16.9. The van der Waals surface area contributed by atoms with Crippen LogP contribution >= 0.6 is 0 Å². The van der Waals surface area contributed by atoms with Gasteiger partial charge in [-0.05, 0) is 54.0 Å². The summed E-state index contributed by atoms with van der Waals surface area (Å²) in [7, 11) is 0. The van der Waals surface area contributed by atoms with Crippen LogP contribution in [0.1, 0.15) is 23.6 Å². The summed E-state index contributed by atoms with van der Waals surface area (Å²) < 4.78 is 33.5. The molecule has 0 atom stereocenters. The highest BCUT2D eigenvalue weighted by atomic mass is 19.1. The highest BCUT2D eigenvalue weighted by Gasteiger charge is 2.13. The largest absolute Gasteiger partial charge is 0.494 e. The van der Waals surface area contributed by atoms with E-state index < -0.39 is 11.7 Å². The number of carbonyl (C=O) groups is 1. The normalized spacial score (nSPS) is 11.0. The number of nitriles is 1. The van der Waals surface area contributed by atoms with Crippen molar-refractivity contribution in [1.29, 1.82) is 5.26 Å². The van der Waals surface area contributed by atoms with Crippen molar-refractivity contribution < 1.29 is 18.3 Å². The van der Waals surface area contributed by atoms with Crippen LogP contribution in [0.2, 0.25) is 0 Å². The number of rotatable bonds is 7. The molecular formula is C25H20F2N2O2. The van der Waals surface area contributed by atoms with Crippen LogP contribution in [0.3, 0.4) is 0 Å². The smallest absolute Gasteiger partial charge is 0.266 e. The van der Waals surface area contributed by atoms with Crippen LogP contribution in [0.25, 0.3) is 6.08 Å². The zero-order valence-corrected chi connectivity index (χ0v) is 16.9. The van der Waals surface area contributed by atoms with Gasteiger partial charge in [0.05, 0.1) is 12.3 Å². The lowest BCUT2D eigenvalue weighted by Crippen LogP contribution is -2.14. The van der Waals surface area contributed by atoms with E-state index in [2.05, 4.69) is 5.32 Å². The van der Waals surface area contributed by atoms with Crippen LogP contribution in [0, 0.1) is 23.0 Å². The molecule has 1 N–H and O–H groups in total. The minimum absolute atomic E-state index is 0.0103. The van der Waals surface area contributed by atoms with Crippen LogP contribution < -0.4 is 10.1 Å². The molecule has 156 valence electrons. The van der Waals surface area contributed by atoms with Crippen molar-refractivity contribution in [2.45, 2.75) is 13.3 Å². The van der Waals surface area contributed by atoms with Crippen molar-refractivity contribution in [3.8, 4) is 11.8 Å². The molecule has 0 aliphatic rings. The van der Waals surface area contributed by atoms with Gasteiger partial charge in [-0.25, -0.2) is 8.78 Å². The Balaban J connectivity index is 1.87. The van der Waals surface area contributed by atoms with Crippen LogP contribution in [0.15, 0.2) is 72.3 Å². The first-order valence-electron chi connectivity index (χ1n) is 9.68. The first-order valence-corrected chi connectivity index (χ1v) is 9.68. The first kappa shape index (κ1) is 21.7. The van der Waals surface area contributed by atoms with Gasteiger partial charge in [0.25, 0.3) is 5.91 Å². The van der Waals surface area contributed by atoms with E-state index in [0.717, 1.165) is 5.56 Å². The second-order valence-electron chi connectivity index (χ2n) is 6.67. The third kappa shape index (κ3) is 5.55. The zero-order chi connectivity index (χ0) is 22.2. The molecule has 0 saturated heterocycles. The van der Waals surface area contributed by atoms with E-state index in [1.807, 2.05) is 13.0 Å². The maximum Gasteiger partial charge on any atom is 0.266 e. The average Bonchev–Trinajstić information content (AvgIpc) is 2.77. The number of halogens is 2. The molecule has 0 radical (unpaired) electrons. The van der Waals surface area contributed by atoms with E-state index in [1.54, 1.807) is 42.5 Å². The summed E-state index contributed by atoms with van der Waals surface area (Å²) in [4.78, 5) is 12.4. The maximum atomic E-state index is 14.0. The molecule has 0 heterocycles. The van der Waals surface area contributed by atoms with Crippen LogP contribution in [0.4, 0.5) is 14.5 Å². The van der Waals surface area contributed by atoms with Gasteiger partial charge in [0.2, 0.25) is 0 Å². The maximum absolute atomic E-state index is 14.0. The van der Waals surface area contributed by atoms with E-state index in [1.165, 1.54) is 30.3 Å². The van der Waals surface area contributed by atoms with Crippen LogP contribution in [0.5, 0.6) is 5.75 Å². The highest BCUT2D eigenvalue weighted by molar-refractivity contribution is 6.09. The third-order valence-electron chi connectivity index (χ3n) is 4.53. The first-order chi connectivity index (χ1) is 15.0. The number of para-hydroxylation sites is 1. The van der Waals surface area contributed by atoms with E-state index in [9.17, 15) is 18.8 Å². The summed E-state index contributed by atoms with van der Waals surface area (Å²) in [5.41, 5.74) is 1.67. The van der Waals surface area contributed by atoms with E-state index in [-0.39, 0.29) is 17.1 Å². The van der Waals surface area contributed by atoms with E-state index in [0.29, 0.717) is 29.9 Å². The lowest BCUT2D eigenvalue weighted by Gasteiger charge is -2.12. The van der Waals surface area contributed by atoms with Crippen molar-refractivity contribution >= 4 is 17.7 Å². The lowest BCUT2D eigenvalue weighted by atomic mass is 10.0. The minimum Gasteiger partial charge on any atom is -0.494 e. The molecule has 0 aromatic heterocycles. The number of anilines is 1. The predicted molar refractivity (Wildman–Crippen MR) is 115 cm³/mol. The molecule has 4 nitrogen and oxygen atoms in total. The quantitative estimate of drug-likeness (QED) is 0.407. The van der Waals surface area contributed by atoms with Crippen LogP contribution in [-0.4, -0.2) is 12.5 Å². The van der Waals surface area contributed by atoms with Gasteiger partial charge in [0.15, 0.2) is 0 Å². The van der Waals surface area contributed by atoms with Gasteiger partial charge in [-0.15, -0.1) is 0 Å². The number of ether oxygens (including phenoxy) is 1. The molecule has 3 aromatic rings. The number of hydrogen-bond acceptors (Lipinski definition) is 3. The number of nitrogens with one attached hydrogen (secondary N) is 1. The van der Waals surface area contributed by atoms with Crippen molar-refractivity contribution in [3.63, 3.8) is 0 Å². The van der Waals surface area contributed by atoms with Crippen molar-refractivity contribution in [3.05, 3.63) is 101 Å². The molecule has 0 saturated carbocycles. The van der Waals surface area contributed by atoms with Crippen molar-refractivity contribution in [2.24, 2.45) is 0 Å². The van der Waals surface area contributed by atoms with E-state index in [4.69, 9.17) is 4.74 Å². The Bertz CT molecular complexity index is 1170. The van der Waals surface area contributed by atoms with Crippen LogP contribution in [-0.2, 0) is 11.2 Å². The topological polar surface area (TPSA) is 62.1 Å². The molecule has 0 spiro atoms. The molecule has 0 aliphatic carbocycles. The van der Waals surface area contributed by atoms with Gasteiger partial charge in [-0.3, -0.25) is 4.79 Å². The Morgan fingerprint density at radius 3 is 2.42 bits per heavy atom. The lowest BCUT2D eigenvalue weighted by molar-refractivity contribution is -0.112. The summed E-state index contributed by atoms with van der Waals surface area (Å²) in [5, 5.41) is 11.8. The summed E-state index contributed by atoms with van der Waals surface area (Å²) in [5.74, 6) is -1.08. The number of carbonyl (C=O) groups excluding carboxylic acids is 1. The molecule has 0 unspecified atom stereocenters.